The van der Waals surface area contributed by atoms with E-state index in [9.17, 15) is 14.7 Å². The summed E-state index contributed by atoms with van der Waals surface area (Å²) in [4.78, 5) is 33.6. The number of hydrogen-bond acceptors (Lipinski definition) is 11. The highest BCUT2D eigenvalue weighted by Crippen LogP contribution is 2.48. The Hall–Kier alpha value is -4.88. The molecule has 4 heterocycles. The number of amides is 1. The molecule has 3 aromatic heterocycles. The SMILES string of the molecule is COc1cc(C2/C(=C(\O)c3nc4c(C)cccn4c3C)C(=O)C(=O)N2c2nnc(SCc3ccccc3)s2)cc(OC)c1OC. The van der Waals surface area contributed by atoms with Gasteiger partial charge in [-0.3, -0.25) is 14.5 Å². The normalized spacial score (nSPS) is 16.0. The summed E-state index contributed by atoms with van der Waals surface area (Å²) in [5, 5.41) is 20.6. The Labute approximate surface area is 267 Å². The van der Waals surface area contributed by atoms with Gasteiger partial charge in [-0.25, -0.2) is 4.98 Å². The lowest BCUT2D eigenvalue weighted by Gasteiger charge is -2.24. The molecule has 1 unspecified atom stereocenters. The van der Waals surface area contributed by atoms with E-state index in [4.69, 9.17) is 14.2 Å². The van der Waals surface area contributed by atoms with E-state index in [1.165, 1.54) is 49.3 Å². The zero-order valence-corrected chi connectivity index (χ0v) is 26.7. The number of methoxy groups -OCH3 is 3. The van der Waals surface area contributed by atoms with Gasteiger partial charge in [-0.05, 0) is 48.7 Å². The topological polar surface area (TPSA) is 128 Å². The van der Waals surface area contributed by atoms with E-state index in [1.54, 1.807) is 19.1 Å². The van der Waals surface area contributed by atoms with Gasteiger partial charge in [-0.1, -0.05) is 59.5 Å². The van der Waals surface area contributed by atoms with Crippen LogP contribution in [0.25, 0.3) is 11.4 Å². The second-order valence-corrected chi connectivity index (χ2v) is 12.4. The average Bonchev–Trinajstić information content (AvgIpc) is 3.74. The molecule has 1 saturated heterocycles. The molecule has 6 rings (SSSR count). The molecule has 13 heteroatoms. The first-order chi connectivity index (χ1) is 21.8. The first-order valence-electron chi connectivity index (χ1n) is 13.8. The van der Waals surface area contributed by atoms with Gasteiger partial charge in [0.05, 0.1) is 38.6 Å². The van der Waals surface area contributed by atoms with Gasteiger partial charge < -0.3 is 23.7 Å². The number of ether oxygens (including phenoxy) is 3. The van der Waals surface area contributed by atoms with Crippen molar-refractivity contribution in [3.8, 4) is 17.2 Å². The van der Waals surface area contributed by atoms with Gasteiger partial charge in [-0.2, -0.15) is 0 Å². The number of fused-ring (bicyclic) bond motifs is 1. The number of Topliss-reactive ketones (excluding diaryl/α,β-unsaturated/α-hetero) is 1. The van der Waals surface area contributed by atoms with Crippen molar-refractivity contribution in [1.82, 2.24) is 19.6 Å². The number of rotatable bonds is 9. The summed E-state index contributed by atoms with van der Waals surface area (Å²) in [7, 11) is 4.43. The summed E-state index contributed by atoms with van der Waals surface area (Å²) in [5.74, 6) is -0.531. The van der Waals surface area contributed by atoms with E-state index in [0.29, 0.717) is 44.2 Å². The molecule has 0 saturated carbocycles. The fourth-order valence-electron chi connectivity index (χ4n) is 5.36. The van der Waals surface area contributed by atoms with Crippen LogP contribution in [0.3, 0.4) is 0 Å². The monoisotopic (exact) mass is 643 g/mol. The third kappa shape index (κ3) is 5.27. The maximum absolute atomic E-state index is 13.9. The molecule has 0 aliphatic carbocycles. The Bertz CT molecular complexity index is 1940. The van der Waals surface area contributed by atoms with Crippen molar-refractivity contribution in [2.75, 3.05) is 26.2 Å². The fraction of sp³-hybridized carbons (Fsp3) is 0.219. The number of pyridine rings is 1. The highest BCUT2D eigenvalue weighted by molar-refractivity contribution is 8.00. The van der Waals surface area contributed by atoms with E-state index in [-0.39, 0.29) is 16.4 Å². The van der Waals surface area contributed by atoms with Crippen LogP contribution in [0.2, 0.25) is 0 Å². The quantitative estimate of drug-likeness (QED) is 0.0697. The second kappa shape index (κ2) is 12.3. The molecule has 0 bridgehead atoms. The van der Waals surface area contributed by atoms with Crippen LogP contribution in [0.1, 0.15) is 34.1 Å². The smallest absolute Gasteiger partial charge is 0.301 e. The van der Waals surface area contributed by atoms with Crippen LogP contribution in [0.5, 0.6) is 17.2 Å². The summed E-state index contributed by atoms with van der Waals surface area (Å²) in [6.07, 6.45) is 1.83. The average molecular weight is 644 g/mol. The van der Waals surface area contributed by atoms with Crippen LogP contribution < -0.4 is 19.1 Å². The van der Waals surface area contributed by atoms with Crippen LogP contribution >= 0.6 is 23.1 Å². The van der Waals surface area contributed by atoms with Crippen LogP contribution in [-0.2, 0) is 15.3 Å². The zero-order chi connectivity index (χ0) is 31.8. The molecular formula is C32H29N5O6S2. The summed E-state index contributed by atoms with van der Waals surface area (Å²) < 4.78 is 19.1. The Morgan fingerprint density at radius 3 is 2.33 bits per heavy atom. The van der Waals surface area contributed by atoms with Crippen LogP contribution in [0.15, 0.2) is 70.7 Å². The molecule has 0 spiro atoms. The molecular weight excluding hydrogens is 615 g/mol. The van der Waals surface area contributed by atoms with Gasteiger partial charge in [0.2, 0.25) is 10.9 Å². The number of carbonyl (C=O) groups excluding carboxylic acids is 2. The maximum atomic E-state index is 13.9. The first-order valence-corrected chi connectivity index (χ1v) is 15.6. The molecule has 2 aromatic carbocycles. The van der Waals surface area contributed by atoms with Crippen molar-refractivity contribution in [1.29, 1.82) is 0 Å². The highest BCUT2D eigenvalue weighted by Gasteiger charge is 2.49. The zero-order valence-electron chi connectivity index (χ0n) is 25.1. The lowest BCUT2D eigenvalue weighted by Crippen LogP contribution is -2.29. The molecule has 1 atom stereocenters. The van der Waals surface area contributed by atoms with Gasteiger partial charge in [0.15, 0.2) is 21.6 Å². The number of nitrogens with zero attached hydrogens (tertiary/aromatic N) is 5. The van der Waals surface area contributed by atoms with Crippen molar-refractivity contribution in [3.05, 3.63) is 94.4 Å². The Balaban J connectivity index is 1.52. The van der Waals surface area contributed by atoms with Gasteiger partial charge in [0, 0.05) is 11.9 Å². The molecule has 1 fully saturated rings. The van der Waals surface area contributed by atoms with Crippen molar-refractivity contribution >= 4 is 51.3 Å². The molecule has 45 heavy (non-hydrogen) atoms. The number of aliphatic hydroxyl groups is 1. The minimum absolute atomic E-state index is 0.146. The number of anilines is 1. The van der Waals surface area contributed by atoms with E-state index < -0.39 is 23.5 Å². The third-order valence-electron chi connectivity index (χ3n) is 7.56. The van der Waals surface area contributed by atoms with Crippen LogP contribution in [0.4, 0.5) is 5.13 Å². The lowest BCUT2D eigenvalue weighted by molar-refractivity contribution is -0.132. The number of imidazole rings is 1. The maximum Gasteiger partial charge on any atom is 0.301 e. The minimum Gasteiger partial charge on any atom is -0.505 e. The second-order valence-electron chi connectivity index (χ2n) is 10.2. The number of aryl methyl sites for hydroxylation is 2. The Kier molecular flexibility index (Phi) is 8.21. The number of aliphatic hydroxyl groups excluding tert-OH is 1. The van der Waals surface area contributed by atoms with E-state index in [0.717, 1.165) is 11.1 Å². The summed E-state index contributed by atoms with van der Waals surface area (Å²) in [5.41, 5.74) is 3.70. The van der Waals surface area contributed by atoms with Crippen molar-refractivity contribution in [3.63, 3.8) is 0 Å². The standard InChI is InChI=1S/C32H29N5O6S2/c1-17-10-9-13-36-18(2)24(33-29(17)36)26(38)23-25(20-14-21(41-3)28(43-5)22(15-20)42-4)37(30(40)27(23)39)31-34-35-32(45-31)44-16-19-11-7-6-8-12-19/h6-15,25,38H,16H2,1-5H3/b26-23+. The van der Waals surface area contributed by atoms with E-state index >= 15 is 0 Å². The predicted molar refractivity (Wildman–Crippen MR) is 171 cm³/mol. The molecule has 230 valence electrons. The third-order valence-corrected chi connectivity index (χ3v) is 9.69. The largest absolute Gasteiger partial charge is 0.505 e. The summed E-state index contributed by atoms with van der Waals surface area (Å²) in [6, 6.07) is 15.9. The Morgan fingerprint density at radius 1 is 0.978 bits per heavy atom. The minimum atomic E-state index is -1.11. The Morgan fingerprint density at radius 2 is 1.69 bits per heavy atom. The molecule has 1 amide bonds. The van der Waals surface area contributed by atoms with Gasteiger partial charge in [0.1, 0.15) is 11.3 Å². The summed E-state index contributed by atoms with van der Waals surface area (Å²) in [6.45, 7) is 3.70. The highest BCUT2D eigenvalue weighted by atomic mass is 32.2. The van der Waals surface area contributed by atoms with Crippen molar-refractivity contribution < 1.29 is 28.9 Å². The molecule has 5 aromatic rings. The van der Waals surface area contributed by atoms with Gasteiger partial charge in [-0.15, -0.1) is 10.2 Å². The van der Waals surface area contributed by atoms with Crippen LogP contribution in [0, 0.1) is 13.8 Å². The van der Waals surface area contributed by atoms with Gasteiger partial charge in [0.25, 0.3) is 5.78 Å². The molecule has 1 aliphatic rings. The number of carbonyl (C=O) groups is 2. The number of ketones is 1. The number of thioether (sulfide) groups is 1. The molecule has 0 radical (unpaired) electrons. The van der Waals surface area contributed by atoms with Crippen molar-refractivity contribution in [2.24, 2.45) is 0 Å². The molecule has 11 nitrogen and oxygen atoms in total. The lowest BCUT2D eigenvalue weighted by atomic mass is 9.95. The number of hydrogen-bond donors (Lipinski definition) is 1. The van der Waals surface area contributed by atoms with Gasteiger partial charge >= 0.3 is 5.91 Å². The molecule has 1 aliphatic heterocycles. The number of aromatic nitrogens is 4. The summed E-state index contributed by atoms with van der Waals surface area (Å²) >= 11 is 2.65. The molecule has 1 N–H and O–H groups in total. The number of benzene rings is 2. The van der Waals surface area contributed by atoms with E-state index in [1.807, 2.05) is 60.0 Å². The first kappa shape index (κ1) is 30.2. The van der Waals surface area contributed by atoms with E-state index in [2.05, 4.69) is 15.2 Å². The van der Waals surface area contributed by atoms with Crippen molar-refractivity contribution in [2.45, 2.75) is 30.0 Å². The fourth-order valence-corrected chi connectivity index (χ4v) is 7.18. The van der Waals surface area contributed by atoms with Crippen LogP contribution in [-0.4, -0.2) is 57.7 Å². The predicted octanol–water partition coefficient (Wildman–Crippen LogP) is 5.75.